The van der Waals surface area contributed by atoms with Gasteiger partial charge in [0.15, 0.2) is 5.03 Å². The molecule has 0 radical (unpaired) electrons. The zero-order chi connectivity index (χ0) is 10.7. The third kappa shape index (κ3) is 3.18. The lowest BCUT2D eigenvalue weighted by Crippen LogP contribution is -2.42. The van der Waals surface area contributed by atoms with E-state index in [2.05, 4.69) is 20.0 Å². The molecule has 6 nitrogen and oxygen atoms in total. The van der Waals surface area contributed by atoms with E-state index in [1.807, 2.05) is 0 Å². The highest BCUT2D eigenvalue weighted by Gasteiger charge is 2.22. The normalized spacial score (nSPS) is 18.0. The quantitative estimate of drug-likeness (QED) is 0.711. The Hall–Kier alpha value is -0.630. The molecule has 1 aromatic heterocycles. The Kier molecular flexibility index (Phi) is 4.72. The topological polar surface area (TPSA) is 86.9 Å². The van der Waals surface area contributed by atoms with E-state index in [0.29, 0.717) is 0 Å². The van der Waals surface area contributed by atoms with Crippen molar-refractivity contribution in [2.24, 2.45) is 0 Å². The number of sulfonamides is 1. The summed E-state index contributed by atoms with van der Waals surface area (Å²) >= 11 is 0. The van der Waals surface area contributed by atoms with Crippen LogP contribution in [0.1, 0.15) is 12.8 Å². The summed E-state index contributed by atoms with van der Waals surface area (Å²) in [7, 11) is -3.41. The number of piperidine rings is 1. The van der Waals surface area contributed by atoms with Crippen molar-refractivity contribution in [2.75, 3.05) is 13.1 Å². The molecular formula is C8H15ClN4O2S. The molecule has 0 aromatic carbocycles. The summed E-state index contributed by atoms with van der Waals surface area (Å²) in [6.07, 6.45) is 4.32. The fourth-order valence-corrected chi connectivity index (χ4v) is 2.82. The number of aromatic nitrogens is 2. The van der Waals surface area contributed by atoms with Crippen molar-refractivity contribution < 1.29 is 8.42 Å². The number of hydrogen-bond acceptors (Lipinski definition) is 4. The molecule has 1 aliphatic rings. The Labute approximate surface area is 101 Å². The van der Waals surface area contributed by atoms with Crippen LogP contribution in [-0.4, -0.2) is 37.5 Å². The molecule has 1 saturated heterocycles. The van der Waals surface area contributed by atoms with Crippen LogP contribution in [0.5, 0.6) is 0 Å². The SMILES string of the molecule is Cl.O=S(=O)(NC1CCNCC1)c1cnc[nH]1. The Morgan fingerprint density at radius 3 is 2.62 bits per heavy atom. The first-order valence-corrected chi connectivity index (χ1v) is 6.38. The number of imidazole rings is 1. The molecule has 0 saturated carbocycles. The van der Waals surface area contributed by atoms with Gasteiger partial charge in [-0.15, -0.1) is 12.4 Å². The van der Waals surface area contributed by atoms with E-state index < -0.39 is 10.0 Å². The first kappa shape index (κ1) is 13.4. The first-order chi connectivity index (χ1) is 7.18. The van der Waals surface area contributed by atoms with Gasteiger partial charge in [0.05, 0.1) is 12.5 Å². The summed E-state index contributed by atoms with van der Waals surface area (Å²) in [6.45, 7) is 1.71. The summed E-state index contributed by atoms with van der Waals surface area (Å²) in [6, 6.07) is 0.0274. The summed E-state index contributed by atoms with van der Waals surface area (Å²) in [5.74, 6) is 0. The van der Waals surface area contributed by atoms with Crippen molar-refractivity contribution in [2.45, 2.75) is 23.9 Å². The van der Waals surface area contributed by atoms with Crippen LogP contribution in [0.2, 0.25) is 0 Å². The van der Waals surface area contributed by atoms with Gasteiger partial charge in [-0.2, -0.15) is 0 Å². The second-order valence-electron chi connectivity index (χ2n) is 3.56. The van der Waals surface area contributed by atoms with Crippen LogP contribution in [0.3, 0.4) is 0 Å². The Morgan fingerprint density at radius 1 is 1.38 bits per heavy atom. The van der Waals surface area contributed by atoms with Crippen molar-refractivity contribution in [3.63, 3.8) is 0 Å². The number of nitrogens with one attached hydrogen (secondary N) is 3. The molecule has 0 atom stereocenters. The van der Waals surface area contributed by atoms with E-state index in [1.165, 1.54) is 12.5 Å². The molecule has 0 aliphatic carbocycles. The van der Waals surface area contributed by atoms with Crippen molar-refractivity contribution in [3.05, 3.63) is 12.5 Å². The van der Waals surface area contributed by atoms with Crippen LogP contribution in [0.4, 0.5) is 0 Å². The minimum Gasteiger partial charge on any atom is -0.335 e. The van der Waals surface area contributed by atoms with Gasteiger partial charge in [0.25, 0.3) is 10.0 Å². The number of hydrogen-bond donors (Lipinski definition) is 3. The number of rotatable bonds is 3. The Balaban J connectivity index is 0.00000128. The van der Waals surface area contributed by atoms with Gasteiger partial charge in [-0.3, -0.25) is 0 Å². The van der Waals surface area contributed by atoms with Gasteiger partial charge in [0, 0.05) is 6.04 Å². The number of aromatic amines is 1. The lowest BCUT2D eigenvalue weighted by Gasteiger charge is -2.22. The Bertz CT molecular complexity index is 400. The van der Waals surface area contributed by atoms with E-state index in [0.717, 1.165) is 25.9 Å². The van der Waals surface area contributed by atoms with Gasteiger partial charge in [0.1, 0.15) is 0 Å². The fraction of sp³-hybridized carbons (Fsp3) is 0.625. The predicted octanol–water partition coefficient (Wildman–Crippen LogP) is -0.138. The lowest BCUT2D eigenvalue weighted by atomic mass is 10.1. The largest absolute Gasteiger partial charge is 0.335 e. The zero-order valence-corrected chi connectivity index (χ0v) is 10.3. The average molecular weight is 267 g/mol. The highest BCUT2D eigenvalue weighted by molar-refractivity contribution is 7.89. The highest BCUT2D eigenvalue weighted by atomic mass is 35.5. The fourth-order valence-electron chi connectivity index (χ4n) is 1.61. The number of halogens is 1. The molecule has 2 rings (SSSR count). The highest BCUT2D eigenvalue weighted by Crippen LogP contribution is 2.08. The molecule has 16 heavy (non-hydrogen) atoms. The zero-order valence-electron chi connectivity index (χ0n) is 8.64. The van der Waals surface area contributed by atoms with Crippen LogP contribution in [-0.2, 0) is 10.0 Å². The lowest BCUT2D eigenvalue weighted by molar-refractivity contribution is 0.426. The maximum atomic E-state index is 11.8. The van der Waals surface area contributed by atoms with Gasteiger partial charge in [-0.25, -0.2) is 18.1 Å². The van der Waals surface area contributed by atoms with Crippen LogP contribution < -0.4 is 10.0 Å². The summed E-state index contributed by atoms with van der Waals surface area (Å²) in [5, 5.41) is 3.31. The third-order valence-electron chi connectivity index (χ3n) is 2.42. The van der Waals surface area contributed by atoms with Crippen LogP contribution in [0.15, 0.2) is 17.6 Å². The van der Waals surface area contributed by atoms with Crippen LogP contribution >= 0.6 is 12.4 Å². The summed E-state index contributed by atoms with van der Waals surface area (Å²) in [4.78, 5) is 6.28. The molecule has 0 spiro atoms. The predicted molar refractivity (Wildman–Crippen MR) is 62.0 cm³/mol. The van der Waals surface area contributed by atoms with Gasteiger partial charge in [-0.05, 0) is 25.9 Å². The van der Waals surface area contributed by atoms with E-state index >= 15 is 0 Å². The molecule has 0 unspecified atom stereocenters. The second-order valence-corrected chi connectivity index (χ2v) is 5.24. The summed E-state index contributed by atoms with van der Waals surface area (Å²) < 4.78 is 26.2. The van der Waals surface area contributed by atoms with Gasteiger partial charge in [0.2, 0.25) is 0 Å². The molecule has 1 aliphatic heterocycles. The second kappa shape index (κ2) is 5.62. The first-order valence-electron chi connectivity index (χ1n) is 4.90. The molecule has 0 bridgehead atoms. The van der Waals surface area contributed by atoms with Crippen molar-refractivity contribution in [1.29, 1.82) is 0 Å². The van der Waals surface area contributed by atoms with Crippen molar-refractivity contribution in [3.8, 4) is 0 Å². The maximum absolute atomic E-state index is 11.8. The molecule has 0 amide bonds. The standard InChI is InChI=1S/C8H14N4O2S.ClH/c13-15(14,8-5-10-6-11-8)12-7-1-3-9-4-2-7;/h5-7,9,12H,1-4H2,(H,10,11);1H. The minimum atomic E-state index is -3.41. The van der Waals surface area contributed by atoms with Gasteiger partial charge < -0.3 is 10.3 Å². The van der Waals surface area contributed by atoms with Gasteiger partial charge in [-0.1, -0.05) is 0 Å². The molecular weight excluding hydrogens is 252 g/mol. The van der Waals surface area contributed by atoms with E-state index in [-0.39, 0.29) is 23.5 Å². The monoisotopic (exact) mass is 266 g/mol. The average Bonchev–Trinajstić information content (AvgIpc) is 2.71. The molecule has 92 valence electrons. The smallest absolute Gasteiger partial charge is 0.257 e. The van der Waals surface area contributed by atoms with Crippen molar-refractivity contribution in [1.82, 2.24) is 20.0 Å². The third-order valence-corrected chi connectivity index (χ3v) is 3.87. The number of H-pyrrole nitrogens is 1. The molecule has 1 fully saturated rings. The van der Waals surface area contributed by atoms with E-state index in [4.69, 9.17) is 0 Å². The molecule has 2 heterocycles. The Morgan fingerprint density at radius 2 is 2.06 bits per heavy atom. The van der Waals surface area contributed by atoms with Crippen LogP contribution in [0, 0.1) is 0 Å². The maximum Gasteiger partial charge on any atom is 0.257 e. The molecule has 8 heteroatoms. The summed E-state index contributed by atoms with van der Waals surface area (Å²) in [5.41, 5.74) is 0. The van der Waals surface area contributed by atoms with Crippen LogP contribution in [0.25, 0.3) is 0 Å². The van der Waals surface area contributed by atoms with Crippen molar-refractivity contribution >= 4 is 22.4 Å². The number of nitrogens with zero attached hydrogens (tertiary/aromatic N) is 1. The molecule has 3 N–H and O–H groups in total. The molecule has 1 aromatic rings. The van der Waals surface area contributed by atoms with E-state index in [9.17, 15) is 8.42 Å². The minimum absolute atomic E-state index is 0. The van der Waals surface area contributed by atoms with E-state index in [1.54, 1.807) is 0 Å². The van der Waals surface area contributed by atoms with Gasteiger partial charge >= 0.3 is 0 Å².